The van der Waals surface area contributed by atoms with Crippen molar-refractivity contribution >= 4 is 10.0 Å². The zero-order valence-electron chi connectivity index (χ0n) is 13.4. The van der Waals surface area contributed by atoms with E-state index in [9.17, 15) is 8.42 Å². The molecule has 1 saturated heterocycles. The molecule has 1 aliphatic heterocycles. The number of rotatable bonds is 6. The van der Waals surface area contributed by atoms with Gasteiger partial charge in [0.15, 0.2) is 0 Å². The van der Waals surface area contributed by atoms with Crippen molar-refractivity contribution in [2.24, 2.45) is 0 Å². The summed E-state index contributed by atoms with van der Waals surface area (Å²) >= 11 is 0. The number of benzene rings is 1. The Hall–Kier alpha value is -1.80. The van der Waals surface area contributed by atoms with Crippen molar-refractivity contribution in [3.63, 3.8) is 0 Å². The van der Waals surface area contributed by atoms with Gasteiger partial charge in [-0.15, -0.1) is 0 Å². The topological polar surface area (TPSA) is 71.5 Å². The lowest BCUT2D eigenvalue weighted by Crippen LogP contribution is -2.41. The Morgan fingerprint density at radius 1 is 1.08 bits per heavy atom. The summed E-state index contributed by atoms with van der Waals surface area (Å²) in [4.78, 5) is 6.54. The predicted octanol–water partition coefficient (Wildman–Crippen LogP) is 1.36. The Bertz CT molecular complexity index is 742. The normalized spacial score (nSPS) is 16.2. The average molecular weight is 347 g/mol. The third-order valence-electron chi connectivity index (χ3n) is 3.98. The van der Waals surface area contributed by atoms with Crippen LogP contribution < -0.4 is 4.72 Å². The molecule has 1 fully saturated rings. The highest BCUT2D eigenvalue weighted by Crippen LogP contribution is 2.20. The van der Waals surface area contributed by atoms with Gasteiger partial charge >= 0.3 is 0 Å². The van der Waals surface area contributed by atoms with Crippen LogP contribution in [0.2, 0.25) is 0 Å². The van der Waals surface area contributed by atoms with Crippen LogP contribution in [-0.4, -0.2) is 57.7 Å². The first-order valence-corrected chi connectivity index (χ1v) is 9.44. The van der Waals surface area contributed by atoms with Crippen LogP contribution in [0.25, 0.3) is 11.1 Å². The van der Waals surface area contributed by atoms with Gasteiger partial charge in [-0.2, -0.15) is 0 Å². The smallest absolute Gasteiger partial charge is 0.240 e. The molecule has 1 N–H and O–H groups in total. The Morgan fingerprint density at radius 2 is 1.83 bits per heavy atom. The predicted molar refractivity (Wildman–Crippen MR) is 92.1 cm³/mol. The molecule has 0 radical (unpaired) electrons. The van der Waals surface area contributed by atoms with E-state index in [1.807, 2.05) is 12.1 Å². The van der Waals surface area contributed by atoms with Crippen molar-refractivity contribution in [3.05, 3.63) is 48.8 Å². The molecule has 0 bridgehead atoms. The van der Waals surface area contributed by atoms with Crippen LogP contribution in [0.5, 0.6) is 0 Å². The Labute approximate surface area is 142 Å². The molecular formula is C17H21N3O3S. The van der Waals surface area contributed by atoms with Crippen molar-refractivity contribution in [2.45, 2.75) is 4.90 Å². The van der Waals surface area contributed by atoms with Gasteiger partial charge < -0.3 is 4.74 Å². The van der Waals surface area contributed by atoms with Gasteiger partial charge in [0.05, 0.1) is 18.1 Å². The number of morpholine rings is 1. The highest BCUT2D eigenvalue weighted by molar-refractivity contribution is 7.89. The third kappa shape index (κ3) is 4.39. The fraction of sp³-hybridized carbons (Fsp3) is 0.353. The van der Waals surface area contributed by atoms with Crippen LogP contribution in [0, 0.1) is 0 Å². The SMILES string of the molecule is O=S(=O)(NCCN1CCOCC1)c1ccc(-c2cccnc2)cc1. The van der Waals surface area contributed by atoms with Gasteiger partial charge in [0.1, 0.15) is 0 Å². The van der Waals surface area contributed by atoms with Gasteiger partial charge in [-0.1, -0.05) is 18.2 Å². The standard InChI is InChI=1S/C17H21N3O3S/c21-24(22,19-8-9-20-10-12-23-13-11-20)17-5-3-15(4-6-17)16-2-1-7-18-14-16/h1-7,14,19H,8-13H2. The summed E-state index contributed by atoms with van der Waals surface area (Å²) in [6.45, 7) is 4.21. The van der Waals surface area contributed by atoms with E-state index in [4.69, 9.17) is 4.74 Å². The summed E-state index contributed by atoms with van der Waals surface area (Å²) in [7, 11) is -3.48. The molecule has 0 unspecified atom stereocenters. The van der Waals surface area contributed by atoms with Crippen LogP contribution in [0.3, 0.4) is 0 Å². The number of aromatic nitrogens is 1. The van der Waals surface area contributed by atoms with Crippen LogP contribution in [0.4, 0.5) is 0 Å². The second-order valence-corrected chi connectivity index (χ2v) is 7.38. The van der Waals surface area contributed by atoms with E-state index < -0.39 is 10.0 Å². The minimum atomic E-state index is -3.48. The Balaban J connectivity index is 1.60. The molecule has 2 heterocycles. The van der Waals surface area contributed by atoms with E-state index in [2.05, 4.69) is 14.6 Å². The maximum Gasteiger partial charge on any atom is 0.240 e. The van der Waals surface area contributed by atoms with Gasteiger partial charge in [-0.25, -0.2) is 13.1 Å². The maximum absolute atomic E-state index is 12.4. The second kappa shape index (κ2) is 7.85. The summed E-state index contributed by atoms with van der Waals surface area (Å²) in [6.07, 6.45) is 3.46. The second-order valence-electron chi connectivity index (χ2n) is 5.62. The van der Waals surface area contributed by atoms with Gasteiger partial charge in [-0.05, 0) is 29.3 Å². The lowest BCUT2D eigenvalue weighted by Gasteiger charge is -2.26. The van der Waals surface area contributed by atoms with E-state index >= 15 is 0 Å². The van der Waals surface area contributed by atoms with E-state index in [1.165, 1.54) is 0 Å². The lowest BCUT2D eigenvalue weighted by molar-refractivity contribution is 0.0390. The molecule has 7 heteroatoms. The van der Waals surface area contributed by atoms with Crippen molar-refractivity contribution in [1.29, 1.82) is 0 Å². The molecule has 6 nitrogen and oxygen atoms in total. The summed E-state index contributed by atoms with van der Waals surface area (Å²) in [5, 5.41) is 0. The summed E-state index contributed by atoms with van der Waals surface area (Å²) < 4.78 is 32.6. The first-order chi connectivity index (χ1) is 11.6. The lowest BCUT2D eigenvalue weighted by atomic mass is 10.1. The zero-order valence-corrected chi connectivity index (χ0v) is 14.2. The highest BCUT2D eigenvalue weighted by Gasteiger charge is 2.15. The van der Waals surface area contributed by atoms with Gasteiger partial charge in [0, 0.05) is 38.6 Å². The molecule has 0 spiro atoms. The van der Waals surface area contributed by atoms with Gasteiger partial charge in [0.2, 0.25) is 10.0 Å². The number of nitrogens with zero attached hydrogens (tertiary/aromatic N) is 2. The average Bonchev–Trinajstić information content (AvgIpc) is 2.63. The fourth-order valence-electron chi connectivity index (χ4n) is 2.61. The number of hydrogen-bond donors (Lipinski definition) is 1. The number of nitrogens with one attached hydrogen (secondary N) is 1. The molecule has 2 aromatic rings. The van der Waals surface area contributed by atoms with Crippen LogP contribution in [0.15, 0.2) is 53.7 Å². The van der Waals surface area contributed by atoms with Crippen LogP contribution in [-0.2, 0) is 14.8 Å². The van der Waals surface area contributed by atoms with Gasteiger partial charge in [0.25, 0.3) is 0 Å². The molecule has 3 rings (SSSR count). The molecule has 24 heavy (non-hydrogen) atoms. The fourth-order valence-corrected chi connectivity index (χ4v) is 3.63. The molecule has 128 valence electrons. The van der Waals surface area contributed by atoms with Crippen molar-refractivity contribution in [1.82, 2.24) is 14.6 Å². The zero-order chi connectivity index (χ0) is 16.8. The molecule has 0 aliphatic carbocycles. The minimum Gasteiger partial charge on any atom is -0.379 e. The summed E-state index contributed by atoms with van der Waals surface area (Å²) in [5.74, 6) is 0. The monoisotopic (exact) mass is 347 g/mol. The van der Waals surface area contributed by atoms with Crippen LogP contribution in [0.1, 0.15) is 0 Å². The number of ether oxygens (including phenoxy) is 1. The van der Waals surface area contributed by atoms with Crippen LogP contribution >= 0.6 is 0 Å². The number of sulfonamides is 1. The van der Waals surface area contributed by atoms with Crippen molar-refractivity contribution < 1.29 is 13.2 Å². The molecule has 1 aromatic carbocycles. The summed E-state index contributed by atoms with van der Waals surface area (Å²) in [5.41, 5.74) is 1.90. The summed E-state index contributed by atoms with van der Waals surface area (Å²) in [6, 6.07) is 10.6. The molecule has 0 saturated carbocycles. The van der Waals surface area contributed by atoms with Crippen molar-refractivity contribution in [2.75, 3.05) is 39.4 Å². The Morgan fingerprint density at radius 3 is 2.50 bits per heavy atom. The molecule has 0 amide bonds. The first kappa shape index (κ1) is 17.0. The van der Waals surface area contributed by atoms with Gasteiger partial charge in [-0.3, -0.25) is 9.88 Å². The molecule has 1 aliphatic rings. The highest BCUT2D eigenvalue weighted by atomic mass is 32.2. The molecular weight excluding hydrogens is 326 g/mol. The molecule has 1 aromatic heterocycles. The largest absolute Gasteiger partial charge is 0.379 e. The quantitative estimate of drug-likeness (QED) is 0.854. The van der Waals surface area contributed by atoms with E-state index in [-0.39, 0.29) is 4.90 Å². The maximum atomic E-state index is 12.4. The van der Waals surface area contributed by atoms with E-state index in [1.54, 1.807) is 36.7 Å². The number of hydrogen-bond acceptors (Lipinski definition) is 5. The third-order valence-corrected chi connectivity index (χ3v) is 5.46. The first-order valence-electron chi connectivity index (χ1n) is 7.95. The minimum absolute atomic E-state index is 0.275. The van der Waals surface area contributed by atoms with E-state index in [0.29, 0.717) is 26.3 Å². The number of pyridine rings is 1. The van der Waals surface area contributed by atoms with E-state index in [0.717, 1.165) is 24.2 Å². The Kier molecular flexibility index (Phi) is 5.57. The van der Waals surface area contributed by atoms with Crippen molar-refractivity contribution in [3.8, 4) is 11.1 Å². The molecule has 0 atom stereocenters.